The number of ether oxygens (including phenoxy) is 1. The van der Waals surface area contributed by atoms with Gasteiger partial charge in [-0.3, -0.25) is 14.2 Å². The maximum atomic E-state index is 14.3. The molecular weight excluding hydrogens is 663 g/mol. The summed E-state index contributed by atoms with van der Waals surface area (Å²) in [5.74, 6) is -3.44. The Balaban J connectivity index is 1.33. The fraction of sp³-hybridized carbons (Fsp3) is 0.275. The summed E-state index contributed by atoms with van der Waals surface area (Å²) < 4.78 is 19.7. The maximum absolute atomic E-state index is 14.3. The zero-order valence-electron chi connectivity index (χ0n) is 28.4. The minimum absolute atomic E-state index is 0.0160. The van der Waals surface area contributed by atoms with Gasteiger partial charge in [0.05, 0.1) is 0 Å². The van der Waals surface area contributed by atoms with E-state index in [4.69, 9.17) is 10.5 Å². The fourth-order valence-electron chi connectivity index (χ4n) is 6.18. The van der Waals surface area contributed by atoms with Crippen molar-refractivity contribution in [1.29, 1.82) is 0 Å². The Labute approximate surface area is 298 Å². The average Bonchev–Trinajstić information content (AvgIpc) is 3.55. The molecule has 1 heterocycles. The number of para-hydroxylation sites is 1. The number of hydrogen-bond acceptors (Lipinski definition) is 5. The molecule has 0 aliphatic rings. The first-order chi connectivity index (χ1) is 24.7. The summed E-state index contributed by atoms with van der Waals surface area (Å²) in [7, 11) is -4.28. The molecule has 0 spiro atoms. The lowest BCUT2D eigenvalue weighted by Crippen LogP contribution is -2.48. The average molecular weight is 709 g/mol. The number of amides is 3. The van der Waals surface area contributed by atoms with Gasteiger partial charge in [-0.15, -0.1) is 0 Å². The van der Waals surface area contributed by atoms with Crippen LogP contribution in [0, 0.1) is 5.92 Å². The Bertz CT molecular complexity index is 1920. The van der Waals surface area contributed by atoms with Gasteiger partial charge < -0.3 is 31.0 Å². The van der Waals surface area contributed by atoms with Crippen molar-refractivity contribution in [3.8, 4) is 0 Å². The molecular formula is C40H45N4O6P. The highest BCUT2D eigenvalue weighted by Crippen LogP contribution is 2.49. The second-order valence-corrected chi connectivity index (χ2v) is 15.3. The zero-order valence-corrected chi connectivity index (χ0v) is 29.3. The number of unbranched alkanes of at least 4 members (excludes halogenated alkanes) is 1. The monoisotopic (exact) mass is 708 g/mol. The molecule has 0 radical (unpaired) electrons. The van der Waals surface area contributed by atoms with Crippen LogP contribution in [0.4, 0.5) is 4.79 Å². The molecule has 0 bridgehead atoms. The van der Waals surface area contributed by atoms with Gasteiger partial charge in [-0.2, -0.15) is 0 Å². The molecule has 0 aliphatic carbocycles. The third-order valence-electron chi connectivity index (χ3n) is 8.98. The highest BCUT2D eigenvalue weighted by atomic mass is 31.2. The van der Waals surface area contributed by atoms with Crippen LogP contribution < -0.4 is 16.4 Å². The van der Waals surface area contributed by atoms with Crippen molar-refractivity contribution in [3.63, 3.8) is 0 Å². The van der Waals surface area contributed by atoms with E-state index in [2.05, 4.69) is 15.6 Å². The fourth-order valence-corrected chi connectivity index (χ4v) is 8.22. The largest absolute Gasteiger partial charge is 0.445 e. The van der Waals surface area contributed by atoms with E-state index < -0.39 is 49.2 Å². The van der Waals surface area contributed by atoms with Crippen LogP contribution in [0.1, 0.15) is 41.5 Å². The molecule has 1 aromatic heterocycles. The Morgan fingerprint density at radius 2 is 1.37 bits per heavy atom. The number of rotatable bonds is 18. The van der Waals surface area contributed by atoms with E-state index in [1.54, 1.807) is 18.3 Å². The van der Waals surface area contributed by atoms with Gasteiger partial charge in [0.1, 0.15) is 18.4 Å². The summed E-state index contributed by atoms with van der Waals surface area (Å²) in [6, 6.07) is 34.7. The number of aromatic nitrogens is 1. The van der Waals surface area contributed by atoms with E-state index in [1.165, 1.54) is 0 Å². The smallest absolute Gasteiger partial charge is 0.408 e. The lowest BCUT2D eigenvalue weighted by Gasteiger charge is -2.28. The van der Waals surface area contributed by atoms with Crippen molar-refractivity contribution < 1.29 is 28.6 Å². The van der Waals surface area contributed by atoms with E-state index in [9.17, 15) is 23.8 Å². The van der Waals surface area contributed by atoms with Gasteiger partial charge in [0.2, 0.25) is 19.2 Å². The predicted octanol–water partition coefficient (Wildman–Crippen LogP) is 6.48. The van der Waals surface area contributed by atoms with Crippen LogP contribution >= 0.6 is 7.37 Å². The summed E-state index contributed by atoms with van der Waals surface area (Å²) in [4.78, 5) is 54.5. The van der Waals surface area contributed by atoms with Crippen LogP contribution in [-0.2, 0) is 44.8 Å². The molecule has 5 rings (SSSR count). The Morgan fingerprint density at radius 3 is 2.04 bits per heavy atom. The number of nitrogens with two attached hydrogens (primary N) is 1. The highest BCUT2D eigenvalue weighted by molar-refractivity contribution is 7.58. The number of aryl methyl sites for hydroxylation is 1. The highest BCUT2D eigenvalue weighted by Gasteiger charge is 2.38. The van der Waals surface area contributed by atoms with Crippen molar-refractivity contribution in [2.75, 3.05) is 6.16 Å². The van der Waals surface area contributed by atoms with Crippen LogP contribution in [0.2, 0.25) is 0 Å². The molecule has 266 valence electrons. The number of aromatic amines is 1. The zero-order chi connectivity index (χ0) is 36.1. The summed E-state index contributed by atoms with van der Waals surface area (Å²) >= 11 is 0. The first kappa shape index (κ1) is 37.1. The number of nitrogens with one attached hydrogen (secondary N) is 3. The third-order valence-corrected chi connectivity index (χ3v) is 11.2. The second-order valence-electron chi connectivity index (χ2n) is 12.8. The molecule has 0 saturated carbocycles. The first-order valence-electron chi connectivity index (χ1n) is 17.2. The summed E-state index contributed by atoms with van der Waals surface area (Å²) in [6.07, 6.45) is 3.12. The SMILES string of the molecule is NC(=O)[C@H](Cc1c[nH]c2ccccc12)NC(=O)C(CCCCc1ccccc1)CP(=O)(O)C(Cc1ccccc1)NC(=O)OCc1ccccc1. The van der Waals surface area contributed by atoms with Crippen LogP contribution in [0.25, 0.3) is 10.9 Å². The predicted molar refractivity (Wildman–Crippen MR) is 199 cm³/mol. The molecule has 0 aliphatic heterocycles. The van der Waals surface area contributed by atoms with Crippen LogP contribution in [0.3, 0.4) is 0 Å². The first-order valence-corrected chi connectivity index (χ1v) is 19.1. The molecule has 4 atom stereocenters. The number of fused-ring (bicyclic) bond motifs is 1. The van der Waals surface area contributed by atoms with Gasteiger partial charge in [-0.1, -0.05) is 116 Å². The standard InChI is InChI=1S/C40H45N4O6P/c41-38(45)36(25-33-26-42-35-23-13-12-22-34(33)35)43-39(46)32(21-11-10-16-29-14-4-1-5-15-29)28-51(48,49)37(24-30-17-6-2-7-18-30)44-40(47)50-27-31-19-8-3-9-20-31/h1-9,12-15,17-20,22-23,26,32,36-37,42H,10-11,16,21,24-25,27-28H2,(H2,41,45)(H,43,46)(H,44,47)(H,48,49)/t32?,36-,37?/m0/s1. The minimum Gasteiger partial charge on any atom is -0.445 e. The molecule has 5 aromatic rings. The van der Waals surface area contributed by atoms with Crippen molar-refractivity contribution in [2.45, 2.75) is 57.0 Å². The summed E-state index contributed by atoms with van der Waals surface area (Å²) in [5.41, 5.74) is 10.1. The Kier molecular flexibility index (Phi) is 13.2. The maximum Gasteiger partial charge on any atom is 0.408 e. The molecule has 11 heteroatoms. The number of carbonyl (C=O) groups excluding carboxylic acids is 3. The lowest BCUT2D eigenvalue weighted by molar-refractivity contribution is -0.129. The van der Waals surface area contributed by atoms with Gasteiger partial charge in [0.25, 0.3) is 0 Å². The lowest BCUT2D eigenvalue weighted by atomic mass is 9.99. The summed E-state index contributed by atoms with van der Waals surface area (Å²) in [5, 5.41) is 6.33. The van der Waals surface area contributed by atoms with Crippen molar-refractivity contribution in [3.05, 3.63) is 144 Å². The number of H-pyrrole nitrogens is 1. The minimum atomic E-state index is -4.28. The molecule has 10 nitrogen and oxygen atoms in total. The van der Waals surface area contributed by atoms with Gasteiger partial charge in [-0.05, 0) is 47.6 Å². The van der Waals surface area contributed by atoms with Crippen LogP contribution in [0.15, 0.2) is 121 Å². The molecule has 3 amide bonds. The third kappa shape index (κ3) is 11.2. The number of hydrogen-bond donors (Lipinski definition) is 5. The van der Waals surface area contributed by atoms with Gasteiger partial charge >= 0.3 is 6.09 Å². The Morgan fingerprint density at radius 1 is 0.765 bits per heavy atom. The van der Waals surface area contributed by atoms with E-state index >= 15 is 0 Å². The molecule has 4 aromatic carbocycles. The van der Waals surface area contributed by atoms with Crippen molar-refractivity contribution >= 4 is 36.2 Å². The normalized spacial score (nSPS) is 14.1. The topological polar surface area (TPSA) is 164 Å². The van der Waals surface area contributed by atoms with Crippen LogP contribution in [-0.4, -0.2) is 45.8 Å². The molecule has 51 heavy (non-hydrogen) atoms. The molecule has 3 unspecified atom stereocenters. The summed E-state index contributed by atoms with van der Waals surface area (Å²) in [6.45, 7) is -0.0160. The van der Waals surface area contributed by atoms with E-state index in [0.29, 0.717) is 6.42 Å². The number of benzene rings is 4. The van der Waals surface area contributed by atoms with Gasteiger partial charge in [0, 0.05) is 42.0 Å². The number of alkyl carbamates (subject to hydrolysis) is 1. The van der Waals surface area contributed by atoms with E-state index in [-0.39, 0.29) is 25.9 Å². The molecule has 0 fully saturated rings. The van der Waals surface area contributed by atoms with E-state index in [0.717, 1.165) is 46.0 Å². The van der Waals surface area contributed by atoms with Crippen molar-refractivity contribution in [1.82, 2.24) is 15.6 Å². The molecule has 0 saturated heterocycles. The van der Waals surface area contributed by atoms with Crippen molar-refractivity contribution in [2.24, 2.45) is 11.7 Å². The quantitative estimate of drug-likeness (QED) is 0.0517. The van der Waals surface area contributed by atoms with Gasteiger partial charge in [0.15, 0.2) is 0 Å². The van der Waals surface area contributed by atoms with E-state index in [1.807, 2.05) is 103 Å². The second kappa shape index (κ2) is 18.2. The number of carbonyl (C=O) groups is 3. The number of primary amides is 1. The Hall–Kier alpha value is -5.18. The molecule has 6 N–H and O–H groups in total. The van der Waals surface area contributed by atoms with Gasteiger partial charge in [-0.25, -0.2) is 4.79 Å². The van der Waals surface area contributed by atoms with Crippen LogP contribution in [0.5, 0.6) is 0 Å².